The van der Waals surface area contributed by atoms with Crippen molar-refractivity contribution in [2.45, 2.75) is 105 Å². The van der Waals surface area contributed by atoms with Gasteiger partial charge in [0.1, 0.15) is 0 Å². The first-order chi connectivity index (χ1) is 64.7. The summed E-state index contributed by atoms with van der Waals surface area (Å²) in [7, 11) is 0. The van der Waals surface area contributed by atoms with Crippen LogP contribution in [-0.2, 0) is 42.3 Å². The third-order valence-electron chi connectivity index (χ3n) is 26.4. The molecular formula is C119H101BN6. The van der Waals surface area contributed by atoms with Crippen LogP contribution in [0.4, 0.5) is 34.1 Å². The van der Waals surface area contributed by atoms with Crippen LogP contribution >= 0.6 is 0 Å². The molecule has 0 radical (unpaired) electrons. The molecule has 22 rings (SSSR count). The minimum Gasteiger partial charge on any atom is -0.341 e. The third kappa shape index (κ3) is 13.8. The number of rotatable bonds is 17. The van der Waals surface area contributed by atoms with E-state index in [0.29, 0.717) is 26.1 Å². The Kier molecular flexibility index (Phi) is 16.9. The topological polar surface area (TPSA) is 24.5 Å². The van der Waals surface area contributed by atoms with Gasteiger partial charge in [0.2, 0.25) is 0 Å². The number of para-hydroxylation sites is 5. The van der Waals surface area contributed by atoms with Crippen LogP contribution in [0.1, 0.15) is 112 Å². The van der Waals surface area contributed by atoms with Gasteiger partial charge in [-0.1, -0.05) is 317 Å². The molecule has 126 heavy (non-hydrogen) atoms. The lowest BCUT2D eigenvalue weighted by Crippen LogP contribution is -2.62. The van der Waals surface area contributed by atoms with Gasteiger partial charge in [-0.3, -0.25) is 0 Å². The molecule has 0 saturated heterocycles. The first kappa shape index (κ1) is 69.1. The van der Waals surface area contributed by atoms with Gasteiger partial charge in [-0.05, 0) is 256 Å². The van der Waals surface area contributed by atoms with Crippen molar-refractivity contribution in [2.75, 3.05) is 21.2 Å². The Hall–Kier alpha value is -14.4. The lowest BCUT2D eigenvalue weighted by molar-refractivity contribution is 0.590. The van der Waals surface area contributed by atoms with Crippen LogP contribution in [0.2, 0.25) is 0 Å². The Balaban J connectivity index is 0.831. The number of hydrogen-bond donors (Lipinski definition) is 0. The molecule has 5 heterocycles. The molecule has 0 bridgehead atoms. The maximum Gasteiger partial charge on any atom is 0.252 e. The number of hydrogen-bond acceptors (Lipinski definition) is 3. The highest BCUT2D eigenvalue weighted by Gasteiger charge is 2.44. The van der Waals surface area contributed by atoms with Crippen LogP contribution in [-0.4, -0.2) is 27.0 Å². The second-order valence-electron chi connectivity index (χ2n) is 37.4. The van der Waals surface area contributed by atoms with Gasteiger partial charge in [0.15, 0.2) is 0 Å². The molecule has 0 fully saturated rings. The number of benzene rings is 17. The van der Waals surface area contributed by atoms with Crippen molar-refractivity contribution in [3.8, 4) is 55.9 Å². The fourth-order valence-corrected chi connectivity index (χ4v) is 20.0. The van der Waals surface area contributed by atoms with Crippen LogP contribution in [0.25, 0.3) is 121 Å². The van der Waals surface area contributed by atoms with E-state index in [0.717, 1.165) is 151 Å². The zero-order chi connectivity index (χ0) is 92.2. The summed E-state index contributed by atoms with van der Waals surface area (Å²) in [4.78, 5) is 7.69. The van der Waals surface area contributed by atoms with Crippen LogP contribution in [0, 0.1) is 0 Å². The Morgan fingerprint density at radius 3 is 1.25 bits per heavy atom. The number of aromatic nitrogens is 3. The highest BCUT2D eigenvalue weighted by Crippen LogP contribution is 2.48. The predicted octanol–water partition coefficient (Wildman–Crippen LogP) is 28.8. The predicted molar refractivity (Wildman–Crippen MR) is 537 cm³/mol. The second-order valence-corrected chi connectivity index (χ2v) is 37.4. The molecule has 20 aromatic rings. The highest BCUT2D eigenvalue weighted by atomic mass is 15.2. The summed E-state index contributed by atoms with van der Waals surface area (Å²) in [6.45, 7) is 21.6. The zero-order valence-electron chi connectivity index (χ0n) is 80.6. The highest BCUT2D eigenvalue weighted by molar-refractivity contribution is 7.00. The van der Waals surface area contributed by atoms with Gasteiger partial charge in [0.05, 0.1) is 33.0 Å². The van der Waals surface area contributed by atoms with E-state index in [1.54, 1.807) is 4.57 Å². The average molecular weight is 1630 g/mol. The zero-order valence-corrected chi connectivity index (χ0v) is 72.6. The average Bonchev–Trinajstić information content (AvgIpc) is 1.06. The molecule has 7 heteroatoms. The number of anilines is 6. The van der Waals surface area contributed by atoms with Gasteiger partial charge in [-0.25, -0.2) is 0 Å². The fourth-order valence-electron chi connectivity index (χ4n) is 20.0. The summed E-state index contributed by atoms with van der Waals surface area (Å²) in [6, 6.07) is 122. The molecular weight excluding hydrogens is 1520 g/mol. The molecule has 2 aliphatic rings. The molecule has 6 nitrogen and oxygen atoms in total. The molecule has 0 spiro atoms. The normalized spacial score (nSPS) is 13.6. The van der Waals surface area contributed by atoms with E-state index < -0.39 is 30.9 Å². The van der Waals surface area contributed by atoms with E-state index >= 15 is 0 Å². The maximum atomic E-state index is 9.79. The summed E-state index contributed by atoms with van der Waals surface area (Å²) in [5.74, 6) is 0. The molecule has 0 atom stereocenters. The first-order valence-corrected chi connectivity index (χ1v) is 44.2. The van der Waals surface area contributed by atoms with E-state index in [4.69, 9.17) is 2.74 Å². The Labute approximate surface area is 751 Å². The molecule has 0 unspecified atom stereocenters. The Bertz CT molecular complexity index is 7810. The summed E-state index contributed by atoms with van der Waals surface area (Å²) in [6.07, 6.45) is 0.585. The standard InChI is InChI=1S/C119H101BN6/c1-117(2,3)88-52-61-110-101(71-88)102-72-89(118(4,5)6)53-62-111(102)126(110)94-58-60-105-113(75-94)123(77-81-65-86(82-33-15-10-16-34-82)70-87(66-81)83-35-17-11-18-36-83)114-67-79(63-64-121(91-41-23-14-24-42-91)92-54-56-93(57-55-92)125-108-49-31-27-45-97(108)98-46-28-32-50-109(98)125)68-115-116(114)120(105)104-59-51-80(76-122-106-47-29-25-43-95(106)96-44-26-30-48-107(96)122)69-112(104)124(115)78-103-99(84-37-19-12-20-38-84)73-90(119(7,8)9)74-100(103)85-39-21-13-22-40-85/h10-62,65-75H,63-64,76-78H2,1-9H3/i25D,26D,29D,30D,43D,44D,47D,48D. The molecule has 610 valence electrons. The molecule has 0 aliphatic carbocycles. The molecule has 17 aromatic carbocycles. The van der Waals surface area contributed by atoms with Crippen LogP contribution in [0.3, 0.4) is 0 Å². The molecule has 0 saturated carbocycles. The Morgan fingerprint density at radius 2 is 0.722 bits per heavy atom. The van der Waals surface area contributed by atoms with Crippen molar-refractivity contribution in [1.82, 2.24) is 13.7 Å². The monoisotopic (exact) mass is 1630 g/mol. The van der Waals surface area contributed by atoms with Crippen molar-refractivity contribution in [1.29, 1.82) is 0 Å². The largest absolute Gasteiger partial charge is 0.341 e. The van der Waals surface area contributed by atoms with Crippen LogP contribution in [0.5, 0.6) is 0 Å². The SMILES string of the molecule is [2H]c1c([2H])c([2H])c2c(c1[2H])c1c([2H])c([2H])c([2H])c([2H])c1n2Cc1ccc2c(c1)N(Cc1c(-c3ccccc3)cc(C(C)(C)C)cc1-c1ccccc1)c1cc(CCN(c3ccccc3)c3ccc(-n4c5ccccc5c5ccccc54)cc3)cc3c1B2c1ccc(-n2c4ccc(C(C)(C)C)cc4c4cc(C(C)(C)C)ccc42)cc1N3Cc1cc(-c2ccccc2)cc(-c2ccccc2)c1. The quantitative estimate of drug-likeness (QED) is 0.0850. The summed E-state index contributed by atoms with van der Waals surface area (Å²) in [5.41, 5.74) is 32.3. The smallest absolute Gasteiger partial charge is 0.252 e. The van der Waals surface area contributed by atoms with Gasteiger partial charge in [0, 0.05) is 115 Å². The van der Waals surface area contributed by atoms with Crippen LogP contribution < -0.4 is 31.1 Å². The molecule has 2 aliphatic heterocycles. The van der Waals surface area contributed by atoms with E-state index in [1.807, 2.05) is 0 Å². The first-order valence-electron chi connectivity index (χ1n) is 48.2. The van der Waals surface area contributed by atoms with Gasteiger partial charge in [-0.2, -0.15) is 0 Å². The lowest BCUT2D eigenvalue weighted by Gasteiger charge is -2.45. The molecule has 0 amide bonds. The molecule has 0 N–H and O–H groups in total. The van der Waals surface area contributed by atoms with E-state index in [9.17, 15) is 8.22 Å². The summed E-state index contributed by atoms with van der Waals surface area (Å²) >= 11 is 0. The van der Waals surface area contributed by atoms with Crippen molar-refractivity contribution in [2.24, 2.45) is 0 Å². The lowest BCUT2D eigenvalue weighted by atomic mass is 9.33. The minimum atomic E-state index is -0.482. The van der Waals surface area contributed by atoms with E-state index in [-0.39, 0.29) is 68.8 Å². The van der Waals surface area contributed by atoms with Gasteiger partial charge >= 0.3 is 0 Å². The van der Waals surface area contributed by atoms with E-state index in [1.165, 1.54) is 38.2 Å². The summed E-state index contributed by atoms with van der Waals surface area (Å²) < 4.78 is 82.0. The maximum absolute atomic E-state index is 9.79. The van der Waals surface area contributed by atoms with Gasteiger partial charge in [0.25, 0.3) is 6.71 Å². The molecule has 3 aromatic heterocycles. The minimum absolute atomic E-state index is 0.0259. The van der Waals surface area contributed by atoms with Crippen molar-refractivity contribution < 1.29 is 11.0 Å². The summed E-state index contributed by atoms with van der Waals surface area (Å²) in [5, 5.41) is 4.89. The second kappa shape index (κ2) is 30.8. The van der Waals surface area contributed by atoms with Crippen molar-refractivity contribution in [3.05, 3.63) is 427 Å². The van der Waals surface area contributed by atoms with Crippen LogP contribution in [0.15, 0.2) is 388 Å². The fraction of sp³-hybridized carbons (Fsp3) is 0.143. The number of nitrogens with zero attached hydrogens (tertiary/aromatic N) is 6. The Morgan fingerprint density at radius 1 is 0.294 bits per heavy atom. The van der Waals surface area contributed by atoms with Crippen molar-refractivity contribution in [3.63, 3.8) is 0 Å². The number of fused-ring (bicyclic) bond motifs is 13. The van der Waals surface area contributed by atoms with E-state index in [2.05, 4.69) is 426 Å². The van der Waals surface area contributed by atoms with Gasteiger partial charge < -0.3 is 28.4 Å². The third-order valence-corrected chi connectivity index (χ3v) is 26.4. The van der Waals surface area contributed by atoms with Crippen molar-refractivity contribution >= 4 is 123 Å². The van der Waals surface area contributed by atoms with Gasteiger partial charge in [-0.15, -0.1) is 0 Å².